The molecule has 264 valence electrons. The van der Waals surface area contributed by atoms with Crippen molar-refractivity contribution in [1.29, 1.82) is 0 Å². The fraction of sp³-hybridized carbons (Fsp3) is 0.125. The molecular formula is C40H35N3O8S. The Hall–Kier alpha value is -6.40. The number of hydrogen-bond donors (Lipinski definition) is 3. The van der Waals surface area contributed by atoms with Crippen LogP contribution in [-0.2, 0) is 9.59 Å². The van der Waals surface area contributed by atoms with Gasteiger partial charge < -0.3 is 39.6 Å². The standard InChI is InChI=1S/C40H35N3O8S/c1-47-33-23-35(49-3)34(48-2)21-27(33)20-31(43-38(44)26-12-8-5-9-13-26)39(45)41-28-14-17-30(18-15-28)52-37(25-10-6-4-7-11-25)40(46)42-29-16-19-32-36(22-29)51-24-50-32/h4-23,37H,24H2,1-3H3,(H,41,45)(H,42,46)(H,43,44)/b31-20-. The van der Waals surface area contributed by atoms with E-state index in [0.717, 1.165) is 10.5 Å². The molecule has 0 aliphatic carbocycles. The van der Waals surface area contributed by atoms with Crippen LogP contribution in [0.3, 0.4) is 0 Å². The predicted molar refractivity (Wildman–Crippen MR) is 199 cm³/mol. The highest BCUT2D eigenvalue weighted by Crippen LogP contribution is 2.39. The molecule has 1 heterocycles. The summed E-state index contributed by atoms with van der Waals surface area (Å²) in [5, 5.41) is 8.01. The second-order valence-corrected chi connectivity index (χ2v) is 12.5. The van der Waals surface area contributed by atoms with Gasteiger partial charge in [-0.3, -0.25) is 14.4 Å². The molecule has 52 heavy (non-hydrogen) atoms. The van der Waals surface area contributed by atoms with Crippen molar-refractivity contribution >= 4 is 46.9 Å². The molecule has 0 bridgehead atoms. The molecule has 0 saturated heterocycles. The fourth-order valence-electron chi connectivity index (χ4n) is 5.30. The zero-order valence-corrected chi connectivity index (χ0v) is 29.3. The highest BCUT2D eigenvalue weighted by atomic mass is 32.2. The van der Waals surface area contributed by atoms with E-state index in [0.29, 0.717) is 51.2 Å². The van der Waals surface area contributed by atoms with Gasteiger partial charge in [0.25, 0.3) is 11.8 Å². The van der Waals surface area contributed by atoms with E-state index in [1.54, 1.807) is 72.8 Å². The number of benzene rings is 5. The van der Waals surface area contributed by atoms with Crippen LogP contribution >= 0.6 is 11.8 Å². The fourth-order valence-corrected chi connectivity index (χ4v) is 6.32. The molecule has 6 rings (SSSR count). The summed E-state index contributed by atoms with van der Waals surface area (Å²) in [5.41, 5.74) is 2.67. The van der Waals surface area contributed by atoms with E-state index in [1.165, 1.54) is 39.2 Å². The first-order chi connectivity index (χ1) is 25.3. The predicted octanol–water partition coefficient (Wildman–Crippen LogP) is 7.32. The van der Waals surface area contributed by atoms with Gasteiger partial charge in [0.15, 0.2) is 23.0 Å². The SMILES string of the molecule is COc1cc(OC)c(OC)cc1/C=C(\NC(=O)c1ccccc1)C(=O)Nc1ccc(SC(C(=O)Nc2ccc3c(c2)OCO3)c2ccccc2)cc1. The number of carbonyl (C=O) groups excluding carboxylic acids is 3. The van der Waals surface area contributed by atoms with Gasteiger partial charge in [-0.05, 0) is 66.2 Å². The Labute approximate surface area is 304 Å². The molecule has 3 N–H and O–H groups in total. The molecule has 1 aliphatic heterocycles. The molecule has 0 aromatic heterocycles. The molecule has 11 nitrogen and oxygen atoms in total. The van der Waals surface area contributed by atoms with Gasteiger partial charge >= 0.3 is 0 Å². The second kappa shape index (κ2) is 16.5. The summed E-state index contributed by atoms with van der Waals surface area (Å²) in [7, 11) is 4.50. The molecular weight excluding hydrogens is 683 g/mol. The number of amides is 3. The maximum absolute atomic E-state index is 13.8. The maximum Gasteiger partial charge on any atom is 0.272 e. The van der Waals surface area contributed by atoms with Crippen molar-refractivity contribution in [2.75, 3.05) is 38.8 Å². The van der Waals surface area contributed by atoms with E-state index in [4.69, 9.17) is 23.7 Å². The highest BCUT2D eigenvalue weighted by Gasteiger charge is 2.24. The minimum atomic E-state index is -0.591. The Bertz CT molecular complexity index is 2090. The summed E-state index contributed by atoms with van der Waals surface area (Å²) in [4.78, 5) is 41.4. The lowest BCUT2D eigenvalue weighted by Crippen LogP contribution is -2.30. The quantitative estimate of drug-likeness (QED) is 0.0846. The number of rotatable bonds is 13. The van der Waals surface area contributed by atoms with Gasteiger partial charge in [-0.25, -0.2) is 0 Å². The minimum absolute atomic E-state index is 0.0397. The van der Waals surface area contributed by atoms with Gasteiger partial charge in [0.05, 0.1) is 21.3 Å². The Kier molecular flexibility index (Phi) is 11.3. The molecule has 5 aromatic rings. The van der Waals surface area contributed by atoms with E-state index in [2.05, 4.69) is 16.0 Å². The van der Waals surface area contributed by atoms with Gasteiger partial charge in [0.2, 0.25) is 12.7 Å². The first-order valence-corrected chi connectivity index (χ1v) is 16.9. The third kappa shape index (κ3) is 8.48. The maximum atomic E-state index is 13.8. The lowest BCUT2D eigenvalue weighted by Gasteiger charge is -2.18. The van der Waals surface area contributed by atoms with Crippen molar-refractivity contribution < 1.29 is 38.1 Å². The van der Waals surface area contributed by atoms with Crippen LogP contribution < -0.4 is 39.6 Å². The number of thioether (sulfide) groups is 1. The minimum Gasteiger partial charge on any atom is -0.496 e. The first kappa shape index (κ1) is 35.4. The molecule has 12 heteroatoms. The van der Waals surface area contributed by atoms with Crippen LogP contribution in [0.5, 0.6) is 28.7 Å². The number of ether oxygens (including phenoxy) is 5. The molecule has 0 spiro atoms. The van der Waals surface area contributed by atoms with Gasteiger partial charge in [-0.1, -0.05) is 48.5 Å². The van der Waals surface area contributed by atoms with Crippen molar-refractivity contribution in [3.8, 4) is 28.7 Å². The van der Waals surface area contributed by atoms with Crippen LogP contribution in [0.15, 0.2) is 126 Å². The number of nitrogens with one attached hydrogen (secondary N) is 3. The van der Waals surface area contributed by atoms with Gasteiger partial charge in [-0.2, -0.15) is 0 Å². The number of carbonyl (C=O) groups is 3. The van der Waals surface area contributed by atoms with Crippen molar-refractivity contribution in [2.24, 2.45) is 0 Å². The van der Waals surface area contributed by atoms with Crippen molar-refractivity contribution in [3.05, 3.63) is 138 Å². The van der Waals surface area contributed by atoms with Gasteiger partial charge in [0, 0.05) is 39.5 Å². The molecule has 5 aromatic carbocycles. The number of methoxy groups -OCH3 is 3. The monoisotopic (exact) mass is 717 g/mol. The zero-order valence-electron chi connectivity index (χ0n) is 28.5. The number of hydrogen-bond acceptors (Lipinski definition) is 9. The van der Waals surface area contributed by atoms with Gasteiger partial charge in [0.1, 0.15) is 16.7 Å². The first-order valence-electron chi connectivity index (χ1n) is 16.1. The summed E-state index contributed by atoms with van der Waals surface area (Å²) in [6.45, 7) is 0.137. The molecule has 0 fully saturated rings. The van der Waals surface area contributed by atoms with Crippen LogP contribution in [0.4, 0.5) is 11.4 Å². The largest absolute Gasteiger partial charge is 0.496 e. The molecule has 0 radical (unpaired) electrons. The summed E-state index contributed by atoms with van der Waals surface area (Å²) in [6, 6.07) is 33.6. The van der Waals surface area contributed by atoms with Crippen molar-refractivity contribution in [1.82, 2.24) is 5.32 Å². The summed E-state index contributed by atoms with van der Waals surface area (Å²) in [5.74, 6) is 1.17. The summed E-state index contributed by atoms with van der Waals surface area (Å²) >= 11 is 1.36. The molecule has 1 aliphatic rings. The lowest BCUT2D eigenvalue weighted by atomic mass is 10.1. The van der Waals surface area contributed by atoms with Crippen LogP contribution in [0.2, 0.25) is 0 Å². The van der Waals surface area contributed by atoms with E-state index in [1.807, 2.05) is 42.5 Å². The lowest BCUT2D eigenvalue weighted by molar-refractivity contribution is -0.116. The smallest absolute Gasteiger partial charge is 0.272 e. The van der Waals surface area contributed by atoms with E-state index >= 15 is 0 Å². The third-order valence-corrected chi connectivity index (χ3v) is 9.18. The van der Waals surface area contributed by atoms with Crippen LogP contribution in [0.1, 0.15) is 26.7 Å². The van der Waals surface area contributed by atoms with Crippen molar-refractivity contribution in [2.45, 2.75) is 10.1 Å². The number of anilines is 2. The normalized spacial score (nSPS) is 12.3. The molecule has 1 unspecified atom stereocenters. The average molecular weight is 718 g/mol. The molecule has 3 amide bonds. The molecule has 0 saturated carbocycles. The van der Waals surface area contributed by atoms with E-state index in [9.17, 15) is 14.4 Å². The van der Waals surface area contributed by atoms with Crippen LogP contribution in [-0.4, -0.2) is 45.8 Å². The van der Waals surface area contributed by atoms with Crippen LogP contribution in [0.25, 0.3) is 6.08 Å². The summed E-state index contributed by atoms with van der Waals surface area (Å²) < 4.78 is 27.3. The number of fused-ring (bicyclic) bond motifs is 1. The Morgan fingerprint density at radius 2 is 1.33 bits per heavy atom. The Morgan fingerprint density at radius 3 is 2.02 bits per heavy atom. The van der Waals surface area contributed by atoms with Crippen LogP contribution in [0, 0.1) is 0 Å². The van der Waals surface area contributed by atoms with E-state index < -0.39 is 17.1 Å². The average Bonchev–Trinajstić information content (AvgIpc) is 3.65. The Morgan fingerprint density at radius 1 is 0.692 bits per heavy atom. The second-order valence-electron chi connectivity index (χ2n) is 11.3. The highest BCUT2D eigenvalue weighted by molar-refractivity contribution is 8.00. The van der Waals surface area contributed by atoms with Crippen molar-refractivity contribution in [3.63, 3.8) is 0 Å². The topological polar surface area (TPSA) is 133 Å². The summed E-state index contributed by atoms with van der Waals surface area (Å²) in [6.07, 6.45) is 1.50. The van der Waals surface area contributed by atoms with Gasteiger partial charge in [-0.15, -0.1) is 11.8 Å². The third-order valence-electron chi connectivity index (χ3n) is 7.91. The zero-order chi connectivity index (χ0) is 36.5. The molecule has 1 atom stereocenters. The Balaban J connectivity index is 1.22. The van der Waals surface area contributed by atoms with E-state index in [-0.39, 0.29) is 18.4 Å².